The summed E-state index contributed by atoms with van der Waals surface area (Å²) in [6, 6.07) is 8.38. The minimum absolute atomic E-state index is 0.173. The minimum Gasteiger partial charge on any atom is -0.508 e. The zero-order chi connectivity index (χ0) is 11.4. The Morgan fingerprint density at radius 3 is 2.94 bits per heavy atom. The van der Waals surface area contributed by atoms with Crippen LogP contribution in [-0.2, 0) is 0 Å². The number of pyridine rings is 1. The SMILES string of the molecule is O=Cc1cnccc1Nc1cccc(O)c1. The third kappa shape index (κ3) is 2.17. The van der Waals surface area contributed by atoms with E-state index in [0.717, 1.165) is 6.29 Å². The van der Waals surface area contributed by atoms with Crippen molar-refractivity contribution < 1.29 is 9.90 Å². The number of anilines is 2. The van der Waals surface area contributed by atoms with Crippen LogP contribution < -0.4 is 5.32 Å². The summed E-state index contributed by atoms with van der Waals surface area (Å²) >= 11 is 0. The number of aromatic nitrogens is 1. The molecule has 2 aromatic rings. The van der Waals surface area contributed by atoms with Gasteiger partial charge in [-0.2, -0.15) is 0 Å². The van der Waals surface area contributed by atoms with Crippen molar-refractivity contribution in [3.63, 3.8) is 0 Å². The monoisotopic (exact) mass is 214 g/mol. The van der Waals surface area contributed by atoms with Crippen LogP contribution >= 0.6 is 0 Å². The van der Waals surface area contributed by atoms with Crippen LogP contribution in [0.3, 0.4) is 0 Å². The maximum atomic E-state index is 10.8. The van der Waals surface area contributed by atoms with Crippen LogP contribution in [0.4, 0.5) is 11.4 Å². The van der Waals surface area contributed by atoms with Crippen molar-refractivity contribution in [2.45, 2.75) is 0 Å². The van der Waals surface area contributed by atoms with Gasteiger partial charge in [0.15, 0.2) is 6.29 Å². The molecule has 0 unspecified atom stereocenters. The van der Waals surface area contributed by atoms with Gasteiger partial charge >= 0.3 is 0 Å². The molecule has 0 fully saturated rings. The van der Waals surface area contributed by atoms with Crippen molar-refractivity contribution in [1.82, 2.24) is 4.98 Å². The van der Waals surface area contributed by atoms with Crippen molar-refractivity contribution in [1.29, 1.82) is 0 Å². The van der Waals surface area contributed by atoms with Crippen molar-refractivity contribution in [2.75, 3.05) is 5.32 Å². The highest BCUT2D eigenvalue weighted by molar-refractivity contribution is 5.85. The minimum atomic E-state index is 0.173. The van der Waals surface area contributed by atoms with Crippen molar-refractivity contribution in [3.8, 4) is 5.75 Å². The Morgan fingerprint density at radius 1 is 1.31 bits per heavy atom. The first kappa shape index (κ1) is 10.2. The number of nitrogens with one attached hydrogen (secondary N) is 1. The van der Waals surface area contributed by atoms with Gasteiger partial charge in [-0.25, -0.2) is 0 Å². The summed E-state index contributed by atoms with van der Waals surface area (Å²) in [5.41, 5.74) is 1.86. The van der Waals surface area contributed by atoms with Crippen LogP contribution in [0.15, 0.2) is 42.7 Å². The lowest BCUT2D eigenvalue weighted by Crippen LogP contribution is -1.95. The first-order valence-corrected chi connectivity index (χ1v) is 4.75. The molecule has 80 valence electrons. The van der Waals surface area contributed by atoms with Crippen molar-refractivity contribution >= 4 is 17.7 Å². The number of hydrogen-bond acceptors (Lipinski definition) is 4. The third-order valence-corrected chi connectivity index (χ3v) is 2.10. The third-order valence-electron chi connectivity index (χ3n) is 2.10. The number of carbonyl (C=O) groups excluding carboxylic acids is 1. The first-order valence-electron chi connectivity index (χ1n) is 4.75. The lowest BCUT2D eigenvalue weighted by Gasteiger charge is -2.08. The van der Waals surface area contributed by atoms with Crippen LogP contribution in [0, 0.1) is 0 Å². The molecule has 2 rings (SSSR count). The van der Waals surface area contributed by atoms with E-state index in [2.05, 4.69) is 10.3 Å². The van der Waals surface area contributed by atoms with Crippen LogP contribution in [0.2, 0.25) is 0 Å². The molecule has 1 aromatic heterocycles. The van der Waals surface area contributed by atoms with E-state index < -0.39 is 0 Å². The molecule has 0 radical (unpaired) electrons. The summed E-state index contributed by atoms with van der Waals surface area (Å²) in [6.45, 7) is 0. The van der Waals surface area contributed by atoms with E-state index in [4.69, 9.17) is 0 Å². The molecule has 16 heavy (non-hydrogen) atoms. The fourth-order valence-corrected chi connectivity index (χ4v) is 1.35. The zero-order valence-corrected chi connectivity index (χ0v) is 8.42. The standard InChI is InChI=1S/C12H10N2O2/c15-8-9-7-13-5-4-12(9)14-10-2-1-3-11(16)6-10/h1-8,16H,(H,13,14). The average Bonchev–Trinajstić information content (AvgIpc) is 2.30. The smallest absolute Gasteiger partial charge is 0.153 e. The Hall–Kier alpha value is -2.36. The van der Waals surface area contributed by atoms with E-state index in [1.165, 1.54) is 6.20 Å². The summed E-state index contributed by atoms with van der Waals surface area (Å²) in [6.07, 6.45) is 3.81. The van der Waals surface area contributed by atoms with Gasteiger partial charge in [-0.05, 0) is 18.2 Å². The van der Waals surface area contributed by atoms with E-state index in [-0.39, 0.29) is 5.75 Å². The highest BCUT2D eigenvalue weighted by Crippen LogP contribution is 2.21. The second kappa shape index (κ2) is 4.44. The van der Waals surface area contributed by atoms with E-state index >= 15 is 0 Å². The summed E-state index contributed by atoms with van der Waals surface area (Å²) in [5.74, 6) is 0.173. The second-order valence-electron chi connectivity index (χ2n) is 3.26. The number of aldehydes is 1. The fourth-order valence-electron chi connectivity index (χ4n) is 1.35. The number of rotatable bonds is 3. The average molecular weight is 214 g/mol. The Bertz CT molecular complexity index is 512. The number of nitrogens with zero attached hydrogens (tertiary/aromatic N) is 1. The zero-order valence-electron chi connectivity index (χ0n) is 8.42. The lowest BCUT2D eigenvalue weighted by atomic mass is 10.2. The molecule has 0 aliphatic heterocycles. The number of phenolic OH excluding ortho intramolecular Hbond substituents is 1. The molecule has 0 amide bonds. The fraction of sp³-hybridized carbons (Fsp3) is 0. The Kier molecular flexibility index (Phi) is 2.82. The topological polar surface area (TPSA) is 62.2 Å². The van der Waals surface area contributed by atoms with E-state index in [9.17, 15) is 9.90 Å². The van der Waals surface area contributed by atoms with E-state index in [1.54, 1.807) is 36.5 Å². The van der Waals surface area contributed by atoms with Gasteiger partial charge in [0, 0.05) is 24.1 Å². The van der Waals surface area contributed by atoms with Gasteiger partial charge < -0.3 is 10.4 Å². The second-order valence-corrected chi connectivity index (χ2v) is 3.26. The molecular formula is C12H10N2O2. The highest BCUT2D eigenvalue weighted by Gasteiger charge is 2.01. The van der Waals surface area contributed by atoms with Crippen LogP contribution in [0.5, 0.6) is 5.75 Å². The van der Waals surface area contributed by atoms with E-state index in [1.807, 2.05) is 0 Å². The molecule has 0 saturated carbocycles. The summed E-state index contributed by atoms with van der Waals surface area (Å²) < 4.78 is 0. The molecule has 0 aliphatic carbocycles. The Balaban J connectivity index is 2.30. The molecule has 4 heteroatoms. The molecular weight excluding hydrogens is 204 g/mol. The predicted molar refractivity (Wildman–Crippen MR) is 61.0 cm³/mol. The molecule has 0 bridgehead atoms. The van der Waals surface area contributed by atoms with Crippen LogP contribution in [0.25, 0.3) is 0 Å². The summed E-state index contributed by atoms with van der Waals surface area (Å²) in [5, 5.41) is 12.3. The van der Waals surface area contributed by atoms with Crippen LogP contribution in [0.1, 0.15) is 10.4 Å². The largest absolute Gasteiger partial charge is 0.508 e. The molecule has 0 saturated heterocycles. The van der Waals surface area contributed by atoms with Crippen molar-refractivity contribution in [2.24, 2.45) is 0 Å². The molecule has 0 spiro atoms. The summed E-state index contributed by atoms with van der Waals surface area (Å²) in [4.78, 5) is 14.6. The summed E-state index contributed by atoms with van der Waals surface area (Å²) in [7, 11) is 0. The first-order chi connectivity index (χ1) is 7.79. The molecule has 0 aliphatic rings. The van der Waals surface area contributed by atoms with Gasteiger partial charge in [0.25, 0.3) is 0 Å². The van der Waals surface area contributed by atoms with Gasteiger partial charge in [-0.3, -0.25) is 9.78 Å². The van der Waals surface area contributed by atoms with Gasteiger partial charge in [-0.1, -0.05) is 6.07 Å². The normalized spacial score (nSPS) is 9.75. The maximum Gasteiger partial charge on any atom is 0.153 e. The number of carbonyl (C=O) groups is 1. The Morgan fingerprint density at radius 2 is 2.19 bits per heavy atom. The molecule has 1 heterocycles. The quantitative estimate of drug-likeness (QED) is 0.770. The number of hydrogen-bond donors (Lipinski definition) is 2. The van der Waals surface area contributed by atoms with Crippen molar-refractivity contribution in [3.05, 3.63) is 48.3 Å². The number of benzene rings is 1. The highest BCUT2D eigenvalue weighted by atomic mass is 16.3. The van der Waals surface area contributed by atoms with E-state index in [0.29, 0.717) is 16.9 Å². The van der Waals surface area contributed by atoms with Crippen LogP contribution in [-0.4, -0.2) is 16.4 Å². The maximum absolute atomic E-state index is 10.8. The molecule has 1 aromatic carbocycles. The lowest BCUT2D eigenvalue weighted by molar-refractivity contribution is 0.112. The predicted octanol–water partition coefficient (Wildman–Crippen LogP) is 2.34. The van der Waals surface area contributed by atoms with Gasteiger partial charge in [-0.15, -0.1) is 0 Å². The van der Waals surface area contributed by atoms with Gasteiger partial charge in [0.1, 0.15) is 5.75 Å². The number of phenols is 1. The molecule has 0 atom stereocenters. The Labute approximate surface area is 92.6 Å². The van der Waals surface area contributed by atoms with Gasteiger partial charge in [0.2, 0.25) is 0 Å². The van der Waals surface area contributed by atoms with Gasteiger partial charge in [0.05, 0.1) is 11.3 Å². The number of aromatic hydroxyl groups is 1. The molecule has 2 N–H and O–H groups in total. The molecule has 4 nitrogen and oxygen atoms in total.